The molecule has 0 unspecified atom stereocenters. The average Bonchev–Trinajstić information content (AvgIpc) is 2.66. The minimum atomic E-state index is 0.118. The average molecular weight is 248 g/mol. The molecule has 1 aromatic carbocycles. The van der Waals surface area contributed by atoms with Crippen LogP contribution in [-0.2, 0) is 10.2 Å². The summed E-state index contributed by atoms with van der Waals surface area (Å²) in [5, 5.41) is 1.22. The third-order valence-corrected chi connectivity index (χ3v) is 4.41. The molecular weight excluding hydrogens is 232 g/mol. The first-order chi connectivity index (χ1) is 8.20. The van der Waals surface area contributed by atoms with E-state index >= 15 is 0 Å². The van der Waals surface area contributed by atoms with Crippen LogP contribution in [0.1, 0.15) is 5.01 Å². The van der Waals surface area contributed by atoms with Crippen LogP contribution in [0.3, 0.4) is 0 Å². The van der Waals surface area contributed by atoms with Crippen molar-refractivity contribution in [2.24, 2.45) is 0 Å². The van der Waals surface area contributed by atoms with Gasteiger partial charge in [-0.25, -0.2) is 4.98 Å². The highest BCUT2D eigenvalue weighted by Gasteiger charge is 2.43. The Bertz CT molecular complexity index is 498. The molecule has 3 rings (SSSR count). The van der Waals surface area contributed by atoms with E-state index in [0.717, 1.165) is 25.3 Å². The molecule has 0 amide bonds. The number of para-hydroxylation sites is 1. The van der Waals surface area contributed by atoms with E-state index in [1.54, 1.807) is 11.3 Å². The van der Waals surface area contributed by atoms with E-state index < -0.39 is 0 Å². The van der Waals surface area contributed by atoms with E-state index in [1.165, 1.54) is 9.71 Å². The number of rotatable bonds is 3. The van der Waals surface area contributed by atoms with Crippen LogP contribution in [0, 0.1) is 0 Å². The number of thiazole rings is 1. The summed E-state index contributed by atoms with van der Waals surface area (Å²) in [6.07, 6.45) is 0. The molecule has 2 aromatic rings. The highest BCUT2D eigenvalue weighted by atomic mass is 32.1. The normalized spacial score (nSPS) is 18.5. The summed E-state index contributed by atoms with van der Waals surface area (Å²) in [5.74, 6) is 0. The number of likely N-dealkylation sites (N-methyl/N-ethyl adjacent to an activating group) is 1. The number of nitrogens with zero attached hydrogens (tertiary/aromatic N) is 2. The maximum absolute atomic E-state index is 5.43. The summed E-state index contributed by atoms with van der Waals surface area (Å²) in [4.78, 5) is 6.99. The van der Waals surface area contributed by atoms with Crippen LogP contribution in [0.2, 0.25) is 0 Å². The van der Waals surface area contributed by atoms with Crippen molar-refractivity contribution in [3.05, 3.63) is 29.3 Å². The molecular formula is C13H16N2OS. The standard InChI is InChI=1S/C13H16N2OS/c1-15(2)7-13(8-16-9-13)12-14-10-5-3-4-6-11(10)17-12/h3-6H,7-9H2,1-2H3. The molecule has 0 atom stereocenters. The fourth-order valence-corrected chi connectivity index (χ4v) is 3.45. The number of hydrogen-bond donors (Lipinski definition) is 0. The Morgan fingerprint density at radius 3 is 2.71 bits per heavy atom. The Kier molecular flexibility index (Phi) is 2.65. The molecule has 2 heterocycles. The number of ether oxygens (including phenoxy) is 1. The molecule has 0 spiro atoms. The maximum Gasteiger partial charge on any atom is 0.106 e. The van der Waals surface area contributed by atoms with Gasteiger partial charge in [-0.1, -0.05) is 12.1 Å². The Hall–Kier alpha value is -0.970. The Labute approximate surface area is 105 Å². The molecule has 1 saturated heterocycles. The lowest BCUT2D eigenvalue weighted by molar-refractivity contribution is -0.0698. The number of aromatic nitrogens is 1. The fraction of sp³-hybridized carbons (Fsp3) is 0.462. The minimum absolute atomic E-state index is 0.118. The summed E-state index contributed by atoms with van der Waals surface area (Å²) in [5.41, 5.74) is 1.23. The van der Waals surface area contributed by atoms with Gasteiger partial charge in [0.2, 0.25) is 0 Å². The van der Waals surface area contributed by atoms with Crippen molar-refractivity contribution in [3.63, 3.8) is 0 Å². The summed E-state index contributed by atoms with van der Waals surface area (Å²) in [7, 11) is 4.21. The summed E-state index contributed by atoms with van der Waals surface area (Å²) in [6.45, 7) is 2.60. The van der Waals surface area contributed by atoms with Gasteiger partial charge in [-0.2, -0.15) is 0 Å². The third-order valence-electron chi connectivity index (χ3n) is 3.12. The van der Waals surface area contributed by atoms with E-state index in [-0.39, 0.29) is 5.41 Å². The van der Waals surface area contributed by atoms with Gasteiger partial charge in [0.05, 0.1) is 28.8 Å². The van der Waals surface area contributed by atoms with Crippen molar-refractivity contribution >= 4 is 21.6 Å². The molecule has 1 aliphatic heterocycles. The highest BCUT2D eigenvalue weighted by Crippen LogP contribution is 2.37. The van der Waals surface area contributed by atoms with Crippen molar-refractivity contribution in [2.75, 3.05) is 33.9 Å². The third kappa shape index (κ3) is 1.86. The Balaban J connectivity index is 2.01. The lowest BCUT2D eigenvalue weighted by Crippen LogP contribution is -2.53. The van der Waals surface area contributed by atoms with Crippen LogP contribution in [0.15, 0.2) is 24.3 Å². The van der Waals surface area contributed by atoms with E-state index in [9.17, 15) is 0 Å². The summed E-state index contributed by atoms with van der Waals surface area (Å²) >= 11 is 1.80. The molecule has 0 saturated carbocycles. The van der Waals surface area contributed by atoms with Gasteiger partial charge in [0.25, 0.3) is 0 Å². The topological polar surface area (TPSA) is 25.4 Å². The van der Waals surface area contributed by atoms with Gasteiger partial charge < -0.3 is 9.64 Å². The van der Waals surface area contributed by atoms with Crippen LogP contribution in [0.25, 0.3) is 10.2 Å². The number of benzene rings is 1. The molecule has 0 bridgehead atoms. The molecule has 90 valence electrons. The molecule has 4 heteroatoms. The van der Waals surface area contributed by atoms with Crippen LogP contribution in [0.5, 0.6) is 0 Å². The lowest BCUT2D eigenvalue weighted by Gasteiger charge is -2.41. The van der Waals surface area contributed by atoms with Crippen molar-refractivity contribution in [2.45, 2.75) is 5.41 Å². The fourth-order valence-electron chi connectivity index (χ4n) is 2.34. The number of fused-ring (bicyclic) bond motifs is 1. The quantitative estimate of drug-likeness (QED) is 0.832. The predicted molar refractivity (Wildman–Crippen MR) is 70.7 cm³/mol. The van der Waals surface area contributed by atoms with Crippen molar-refractivity contribution in [1.29, 1.82) is 0 Å². The molecule has 17 heavy (non-hydrogen) atoms. The molecule has 0 aliphatic carbocycles. The molecule has 0 N–H and O–H groups in total. The van der Waals surface area contributed by atoms with Gasteiger partial charge in [-0.05, 0) is 26.2 Å². The molecule has 0 radical (unpaired) electrons. The Morgan fingerprint density at radius 1 is 1.35 bits per heavy atom. The second-order valence-electron chi connectivity index (χ2n) is 5.00. The SMILES string of the molecule is CN(C)CC1(c2nc3ccccc3s2)COC1. The van der Waals surface area contributed by atoms with Gasteiger partial charge in [0, 0.05) is 6.54 Å². The summed E-state index contributed by atoms with van der Waals surface area (Å²) < 4.78 is 6.70. The van der Waals surface area contributed by atoms with Gasteiger partial charge in [0.1, 0.15) is 5.01 Å². The molecule has 3 nitrogen and oxygen atoms in total. The monoisotopic (exact) mass is 248 g/mol. The van der Waals surface area contributed by atoms with Crippen molar-refractivity contribution in [1.82, 2.24) is 9.88 Å². The van der Waals surface area contributed by atoms with Crippen LogP contribution >= 0.6 is 11.3 Å². The van der Waals surface area contributed by atoms with Gasteiger partial charge in [-0.3, -0.25) is 0 Å². The van der Waals surface area contributed by atoms with Crippen LogP contribution < -0.4 is 0 Å². The largest absolute Gasteiger partial charge is 0.379 e. The lowest BCUT2D eigenvalue weighted by atomic mass is 9.86. The molecule has 1 aliphatic rings. The van der Waals surface area contributed by atoms with E-state index in [2.05, 4.69) is 37.2 Å². The first-order valence-electron chi connectivity index (χ1n) is 5.78. The second kappa shape index (κ2) is 4.05. The minimum Gasteiger partial charge on any atom is -0.379 e. The zero-order valence-corrected chi connectivity index (χ0v) is 11.0. The second-order valence-corrected chi connectivity index (χ2v) is 6.03. The Morgan fingerprint density at radius 2 is 2.12 bits per heavy atom. The zero-order chi connectivity index (χ0) is 11.9. The highest BCUT2D eigenvalue weighted by molar-refractivity contribution is 7.18. The van der Waals surface area contributed by atoms with Crippen LogP contribution in [-0.4, -0.2) is 43.7 Å². The van der Waals surface area contributed by atoms with E-state index in [0.29, 0.717) is 0 Å². The smallest absolute Gasteiger partial charge is 0.106 e. The summed E-state index contributed by atoms with van der Waals surface area (Å²) in [6, 6.07) is 8.33. The van der Waals surface area contributed by atoms with Crippen LogP contribution in [0.4, 0.5) is 0 Å². The first-order valence-corrected chi connectivity index (χ1v) is 6.60. The number of hydrogen-bond acceptors (Lipinski definition) is 4. The zero-order valence-electron chi connectivity index (χ0n) is 10.1. The van der Waals surface area contributed by atoms with E-state index in [1.807, 2.05) is 6.07 Å². The van der Waals surface area contributed by atoms with Crippen molar-refractivity contribution < 1.29 is 4.74 Å². The van der Waals surface area contributed by atoms with Gasteiger partial charge in [-0.15, -0.1) is 11.3 Å². The predicted octanol–water partition coefficient (Wildman–Crippen LogP) is 2.13. The van der Waals surface area contributed by atoms with Gasteiger partial charge in [0.15, 0.2) is 0 Å². The maximum atomic E-state index is 5.43. The molecule has 1 aromatic heterocycles. The van der Waals surface area contributed by atoms with E-state index in [4.69, 9.17) is 9.72 Å². The van der Waals surface area contributed by atoms with Gasteiger partial charge >= 0.3 is 0 Å². The first kappa shape index (κ1) is 11.1. The molecule has 1 fully saturated rings. The van der Waals surface area contributed by atoms with Crippen molar-refractivity contribution in [3.8, 4) is 0 Å².